The van der Waals surface area contributed by atoms with Crippen molar-refractivity contribution >= 4 is 17.4 Å². The van der Waals surface area contributed by atoms with Crippen molar-refractivity contribution in [1.29, 1.82) is 0 Å². The van der Waals surface area contributed by atoms with Crippen molar-refractivity contribution in [2.45, 2.75) is 29.9 Å². The maximum Gasteiger partial charge on any atom is 0.283 e. The van der Waals surface area contributed by atoms with Gasteiger partial charge in [-0.2, -0.15) is 5.10 Å². The zero-order chi connectivity index (χ0) is 14.9. The van der Waals surface area contributed by atoms with Gasteiger partial charge in [-0.05, 0) is 31.5 Å². The molecule has 0 saturated heterocycles. The van der Waals surface area contributed by atoms with E-state index in [1.807, 2.05) is 13.0 Å². The maximum atomic E-state index is 11.2. The summed E-state index contributed by atoms with van der Waals surface area (Å²) in [7, 11) is 1.80. The van der Waals surface area contributed by atoms with Gasteiger partial charge in [0, 0.05) is 13.1 Å². The van der Waals surface area contributed by atoms with E-state index in [2.05, 4.69) is 5.10 Å². The Kier molecular flexibility index (Phi) is 4.10. The lowest BCUT2D eigenvalue weighted by Gasteiger charge is -2.07. The van der Waals surface area contributed by atoms with Crippen LogP contribution in [0.3, 0.4) is 0 Å². The maximum absolute atomic E-state index is 11.2. The van der Waals surface area contributed by atoms with E-state index >= 15 is 0 Å². The van der Waals surface area contributed by atoms with E-state index < -0.39 is 11.0 Å². The van der Waals surface area contributed by atoms with Crippen LogP contribution in [0.15, 0.2) is 34.2 Å². The number of hydrogen-bond acceptors (Lipinski definition) is 5. The highest BCUT2D eigenvalue weighted by Gasteiger charge is 2.18. The summed E-state index contributed by atoms with van der Waals surface area (Å²) in [5.41, 5.74) is 1.38. The summed E-state index contributed by atoms with van der Waals surface area (Å²) < 4.78 is 1.69. The monoisotopic (exact) mass is 293 g/mol. The molecule has 1 aromatic heterocycles. The molecule has 0 unspecified atom stereocenters. The minimum atomic E-state index is -0.730. The van der Waals surface area contributed by atoms with Crippen molar-refractivity contribution in [3.8, 4) is 0 Å². The van der Waals surface area contributed by atoms with E-state index in [9.17, 15) is 15.2 Å². The van der Waals surface area contributed by atoms with E-state index in [1.54, 1.807) is 30.8 Å². The molecule has 0 amide bonds. The predicted octanol–water partition coefficient (Wildman–Crippen LogP) is 2.84. The third-order valence-corrected chi connectivity index (χ3v) is 3.99. The summed E-state index contributed by atoms with van der Waals surface area (Å²) in [6.07, 6.45) is -0.730. The Balaban J connectivity index is 2.41. The second-order valence-electron chi connectivity index (χ2n) is 4.51. The Morgan fingerprint density at radius 2 is 2.15 bits per heavy atom. The van der Waals surface area contributed by atoms with Gasteiger partial charge in [0.15, 0.2) is 0 Å². The fraction of sp³-hybridized carbons (Fsp3) is 0.308. The summed E-state index contributed by atoms with van der Waals surface area (Å²) in [6, 6.07) is 6.64. The molecule has 0 aliphatic rings. The number of aryl methyl sites for hydroxylation is 2. The van der Waals surface area contributed by atoms with Crippen LogP contribution in [-0.2, 0) is 7.05 Å². The van der Waals surface area contributed by atoms with Gasteiger partial charge in [0.1, 0.15) is 0 Å². The molecule has 0 spiro atoms. The van der Waals surface area contributed by atoms with Gasteiger partial charge in [0.05, 0.1) is 26.6 Å². The molecule has 6 nitrogen and oxygen atoms in total. The molecule has 0 aliphatic carbocycles. The standard InChI is InChI=1S/C13H15N3O3S/c1-8-6-13(15(3)14-8)20-12-5-4-10(9(2)17)7-11(12)16(18)19/h4-7,9,17H,1-3H3/t9-/m1/s1. The van der Waals surface area contributed by atoms with Gasteiger partial charge in [0.2, 0.25) is 0 Å². The number of nitrogens with zero attached hydrogens (tertiary/aromatic N) is 3. The number of aliphatic hydroxyl groups excluding tert-OH is 1. The molecule has 106 valence electrons. The van der Waals surface area contributed by atoms with Crippen LogP contribution in [0, 0.1) is 17.0 Å². The largest absolute Gasteiger partial charge is 0.389 e. The molecular formula is C13H15N3O3S. The van der Waals surface area contributed by atoms with Crippen molar-refractivity contribution in [3.05, 3.63) is 45.6 Å². The number of rotatable bonds is 4. The number of hydrogen-bond donors (Lipinski definition) is 1. The molecule has 0 aliphatic heterocycles. The van der Waals surface area contributed by atoms with Gasteiger partial charge in [-0.25, -0.2) is 0 Å². The number of aromatic nitrogens is 2. The van der Waals surface area contributed by atoms with Crippen LogP contribution in [0.5, 0.6) is 0 Å². The molecule has 2 rings (SSSR count). The van der Waals surface area contributed by atoms with Gasteiger partial charge in [-0.15, -0.1) is 0 Å². The fourth-order valence-electron chi connectivity index (χ4n) is 1.82. The molecule has 20 heavy (non-hydrogen) atoms. The quantitative estimate of drug-likeness (QED) is 0.692. The van der Waals surface area contributed by atoms with Crippen molar-refractivity contribution in [3.63, 3.8) is 0 Å². The second kappa shape index (κ2) is 5.64. The molecule has 0 bridgehead atoms. The smallest absolute Gasteiger partial charge is 0.283 e. The topological polar surface area (TPSA) is 81.2 Å². The summed E-state index contributed by atoms with van der Waals surface area (Å²) in [6.45, 7) is 3.45. The van der Waals surface area contributed by atoms with E-state index in [1.165, 1.54) is 17.8 Å². The third kappa shape index (κ3) is 3.00. The number of nitro benzene ring substituents is 1. The minimum Gasteiger partial charge on any atom is -0.389 e. The van der Waals surface area contributed by atoms with Crippen LogP contribution >= 0.6 is 11.8 Å². The number of aliphatic hydroxyl groups is 1. The molecule has 1 aromatic carbocycles. The molecule has 0 fully saturated rings. The summed E-state index contributed by atoms with van der Waals surface area (Å²) in [4.78, 5) is 11.3. The van der Waals surface area contributed by atoms with Gasteiger partial charge in [0.25, 0.3) is 5.69 Å². The zero-order valence-corrected chi connectivity index (χ0v) is 12.2. The highest BCUT2D eigenvalue weighted by atomic mass is 32.2. The first-order valence-corrected chi connectivity index (χ1v) is 6.85. The van der Waals surface area contributed by atoms with Gasteiger partial charge in [-0.3, -0.25) is 14.8 Å². The molecule has 1 N–H and O–H groups in total. The summed E-state index contributed by atoms with van der Waals surface area (Å²) in [5, 5.41) is 25.7. The first-order chi connectivity index (χ1) is 9.38. The van der Waals surface area contributed by atoms with Crippen LogP contribution in [0.2, 0.25) is 0 Å². The lowest BCUT2D eigenvalue weighted by Crippen LogP contribution is -1.97. The molecule has 0 radical (unpaired) electrons. The second-order valence-corrected chi connectivity index (χ2v) is 5.57. The Hall–Kier alpha value is -1.86. The van der Waals surface area contributed by atoms with E-state index in [0.29, 0.717) is 10.5 Å². The van der Waals surface area contributed by atoms with E-state index in [0.717, 1.165) is 10.7 Å². The average molecular weight is 293 g/mol. The van der Waals surface area contributed by atoms with Crippen LogP contribution in [0.4, 0.5) is 5.69 Å². The first-order valence-electron chi connectivity index (χ1n) is 6.03. The fourth-order valence-corrected chi connectivity index (χ4v) is 2.82. The third-order valence-electron chi connectivity index (χ3n) is 2.84. The molecule has 1 atom stereocenters. The Morgan fingerprint density at radius 3 is 2.65 bits per heavy atom. The van der Waals surface area contributed by atoms with E-state index in [4.69, 9.17) is 0 Å². The Labute approximate surface area is 120 Å². The highest BCUT2D eigenvalue weighted by Crippen LogP contribution is 2.36. The number of nitro groups is 1. The van der Waals surface area contributed by atoms with Crippen molar-refractivity contribution in [1.82, 2.24) is 9.78 Å². The minimum absolute atomic E-state index is 0.00717. The lowest BCUT2D eigenvalue weighted by molar-refractivity contribution is -0.387. The summed E-state index contributed by atoms with van der Waals surface area (Å²) in [5.74, 6) is 0. The van der Waals surface area contributed by atoms with Gasteiger partial charge >= 0.3 is 0 Å². The lowest BCUT2D eigenvalue weighted by atomic mass is 10.1. The van der Waals surface area contributed by atoms with Crippen LogP contribution in [0.1, 0.15) is 24.3 Å². The van der Waals surface area contributed by atoms with Crippen molar-refractivity contribution < 1.29 is 10.0 Å². The summed E-state index contributed by atoms with van der Waals surface area (Å²) >= 11 is 1.29. The molecule has 0 saturated carbocycles. The molecule has 2 aromatic rings. The zero-order valence-electron chi connectivity index (χ0n) is 11.4. The van der Waals surface area contributed by atoms with Gasteiger partial charge in [-0.1, -0.05) is 17.8 Å². The Morgan fingerprint density at radius 1 is 1.45 bits per heavy atom. The SMILES string of the molecule is Cc1cc(Sc2ccc([C@@H](C)O)cc2[N+](=O)[O-])n(C)n1. The van der Waals surface area contributed by atoms with Crippen LogP contribution < -0.4 is 0 Å². The Bertz CT molecular complexity index is 652. The first kappa shape index (κ1) is 14.5. The predicted molar refractivity (Wildman–Crippen MR) is 75.8 cm³/mol. The molecule has 1 heterocycles. The van der Waals surface area contributed by atoms with Crippen molar-refractivity contribution in [2.24, 2.45) is 7.05 Å². The van der Waals surface area contributed by atoms with Gasteiger partial charge < -0.3 is 5.11 Å². The van der Waals surface area contributed by atoms with Crippen LogP contribution in [0.25, 0.3) is 0 Å². The average Bonchev–Trinajstić information content (AvgIpc) is 2.67. The molecular weight excluding hydrogens is 278 g/mol. The van der Waals surface area contributed by atoms with Crippen LogP contribution in [-0.4, -0.2) is 19.8 Å². The van der Waals surface area contributed by atoms with E-state index in [-0.39, 0.29) is 5.69 Å². The number of benzene rings is 1. The highest BCUT2D eigenvalue weighted by molar-refractivity contribution is 7.99. The van der Waals surface area contributed by atoms with Crippen molar-refractivity contribution in [2.75, 3.05) is 0 Å². The molecule has 7 heteroatoms. The normalized spacial score (nSPS) is 12.4.